The molecule has 0 aliphatic heterocycles. The standard InChI is InChI=1S/C16H13Cl2N5O4S/c1-9-7-21-14(15(22-9)27-16(24)11-8-19-5-6-20-11)23-28(25,26)12-4-2-3-10(17)13(12)18/h2-8,16,24H,1H3,(H,21,23). The second kappa shape index (κ2) is 8.23. The van der Waals surface area contributed by atoms with E-state index >= 15 is 0 Å². The lowest BCUT2D eigenvalue weighted by Gasteiger charge is -2.16. The fourth-order valence-electron chi connectivity index (χ4n) is 2.09. The molecule has 0 saturated heterocycles. The third kappa shape index (κ3) is 4.47. The van der Waals surface area contributed by atoms with E-state index in [4.69, 9.17) is 27.9 Å². The van der Waals surface area contributed by atoms with Gasteiger partial charge in [-0.25, -0.2) is 18.4 Å². The van der Waals surface area contributed by atoms with Crippen LogP contribution in [0.3, 0.4) is 0 Å². The SMILES string of the molecule is Cc1cnc(NS(=O)(=O)c2cccc(Cl)c2Cl)c(OC(O)c2cnccn2)n1. The molecule has 2 N–H and O–H groups in total. The Morgan fingerprint density at radius 1 is 1.18 bits per heavy atom. The first-order valence-corrected chi connectivity index (χ1v) is 9.93. The highest BCUT2D eigenvalue weighted by Gasteiger charge is 2.24. The number of ether oxygens (including phenoxy) is 1. The molecule has 0 fully saturated rings. The van der Waals surface area contributed by atoms with Crippen molar-refractivity contribution in [2.75, 3.05) is 4.72 Å². The maximum atomic E-state index is 12.7. The van der Waals surface area contributed by atoms with Gasteiger partial charge in [-0.15, -0.1) is 0 Å². The number of aliphatic hydroxyl groups is 1. The van der Waals surface area contributed by atoms with Gasteiger partial charge in [-0.05, 0) is 19.1 Å². The summed E-state index contributed by atoms with van der Waals surface area (Å²) in [4.78, 5) is 15.6. The molecule has 3 rings (SSSR count). The van der Waals surface area contributed by atoms with Crippen LogP contribution < -0.4 is 9.46 Å². The van der Waals surface area contributed by atoms with Crippen LogP contribution in [-0.4, -0.2) is 33.5 Å². The minimum Gasteiger partial charge on any atom is -0.439 e. The quantitative estimate of drug-likeness (QED) is 0.558. The van der Waals surface area contributed by atoms with Crippen LogP contribution in [-0.2, 0) is 10.0 Å². The fourth-order valence-corrected chi connectivity index (χ4v) is 3.85. The van der Waals surface area contributed by atoms with Crippen LogP contribution in [0.1, 0.15) is 17.7 Å². The Bertz CT molecular complexity index is 1100. The van der Waals surface area contributed by atoms with E-state index in [1.807, 2.05) is 0 Å². The third-order valence-corrected chi connectivity index (χ3v) is 5.67. The second-order valence-electron chi connectivity index (χ2n) is 5.42. The molecule has 1 atom stereocenters. The van der Waals surface area contributed by atoms with Gasteiger partial charge in [0, 0.05) is 12.4 Å². The predicted molar refractivity (Wildman–Crippen MR) is 102 cm³/mol. The van der Waals surface area contributed by atoms with E-state index in [1.165, 1.54) is 43.0 Å². The van der Waals surface area contributed by atoms with E-state index < -0.39 is 16.3 Å². The van der Waals surface area contributed by atoms with Gasteiger partial charge in [-0.3, -0.25) is 14.7 Å². The molecule has 2 heterocycles. The number of aliphatic hydroxyl groups excluding tert-OH is 1. The third-order valence-electron chi connectivity index (χ3n) is 3.36. The van der Waals surface area contributed by atoms with Crippen LogP contribution in [0.5, 0.6) is 5.88 Å². The van der Waals surface area contributed by atoms with Crippen molar-refractivity contribution < 1.29 is 18.3 Å². The van der Waals surface area contributed by atoms with E-state index in [-0.39, 0.29) is 32.3 Å². The predicted octanol–water partition coefficient (Wildman–Crippen LogP) is 2.75. The number of hydrogen-bond acceptors (Lipinski definition) is 8. The maximum Gasteiger partial charge on any atom is 0.264 e. The Kier molecular flexibility index (Phi) is 5.94. The van der Waals surface area contributed by atoms with Gasteiger partial charge in [-0.1, -0.05) is 29.3 Å². The van der Waals surface area contributed by atoms with Crippen LogP contribution >= 0.6 is 23.2 Å². The number of anilines is 1. The molecule has 0 radical (unpaired) electrons. The van der Waals surface area contributed by atoms with Gasteiger partial charge in [0.25, 0.3) is 15.9 Å². The molecule has 9 nitrogen and oxygen atoms in total. The number of rotatable bonds is 6. The van der Waals surface area contributed by atoms with Crippen LogP contribution in [0.25, 0.3) is 0 Å². The van der Waals surface area contributed by atoms with E-state index in [0.29, 0.717) is 5.69 Å². The molecule has 1 unspecified atom stereocenters. The van der Waals surface area contributed by atoms with Gasteiger partial charge < -0.3 is 9.84 Å². The lowest BCUT2D eigenvalue weighted by molar-refractivity contribution is -0.0260. The summed E-state index contributed by atoms with van der Waals surface area (Å²) in [6, 6.07) is 4.19. The van der Waals surface area contributed by atoms with Crippen molar-refractivity contribution in [3.8, 4) is 5.88 Å². The first-order chi connectivity index (χ1) is 13.3. The summed E-state index contributed by atoms with van der Waals surface area (Å²) in [5.74, 6) is -0.496. The van der Waals surface area contributed by atoms with Gasteiger partial charge in [0.1, 0.15) is 10.6 Å². The van der Waals surface area contributed by atoms with Crippen molar-refractivity contribution in [2.24, 2.45) is 0 Å². The zero-order chi connectivity index (χ0) is 20.3. The van der Waals surface area contributed by atoms with Crippen LogP contribution in [0, 0.1) is 6.92 Å². The summed E-state index contributed by atoms with van der Waals surface area (Å²) in [5, 5.41) is 10.1. The minimum atomic E-state index is -4.16. The van der Waals surface area contributed by atoms with Crippen LogP contribution in [0.4, 0.5) is 5.82 Å². The zero-order valence-electron chi connectivity index (χ0n) is 14.2. The van der Waals surface area contributed by atoms with E-state index in [1.54, 1.807) is 6.92 Å². The molecule has 0 spiro atoms. The molecular formula is C16H13Cl2N5O4S. The number of halogens is 2. The average molecular weight is 442 g/mol. The molecule has 0 amide bonds. The van der Waals surface area contributed by atoms with Gasteiger partial charge >= 0.3 is 0 Å². The second-order valence-corrected chi connectivity index (χ2v) is 7.86. The molecule has 0 saturated carbocycles. The Balaban J connectivity index is 1.93. The highest BCUT2D eigenvalue weighted by molar-refractivity contribution is 7.92. The Hall–Kier alpha value is -2.53. The van der Waals surface area contributed by atoms with E-state index in [9.17, 15) is 13.5 Å². The number of aromatic nitrogens is 4. The molecule has 2 aromatic heterocycles. The van der Waals surface area contributed by atoms with Crippen molar-refractivity contribution in [3.63, 3.8) is 0 Å². The van der Waals surface area contributed by atoms with Crippen LogP contribution in [0.2, 0.25) is 10.0 Å². The highest BCUT2D eigenvalue weighted by atomic mass is 35.5. The molecule has 28 heavy (non-hydrogen) atoms. The molecule has 0 aliphatic carbocycles. The lowest BCUT2D eigenvalue weighted by atomic mass is 10.4. The van der Waals surface area contributed by atoms with E-state index in [0.717, 1.165) is 0 Å². The summed E-state index contributed by atoms with van der Waals surface area (Å²) in [6.07, 6.45) is 3.89. The van der Waals surface area contributed by atoms with E-state index in [2.05, 4.69) is 24.7 Å². The molecule has 146 valence electrons. The molecule has 0 bridgehead atoms. The van der Waals surface area contributed by atoms with Gasteiger partial charge in [0.2, 0.25) is 12.1 Å². The van der Waals surface area contributed by atoms with Crippen LogP contribution in [0.15, 0.2) is 47.9 Å². The van der Waals surface area contributed by atoms with Crippen molar-refractivity contribution in [2.45, 2.75) is 18.1 Å². The van der Waals surface area contributed by atoms with Crippen molar-refractivity contribution in [3.05, 3.63) is 64.4 Å². The average Bonchev–Trinajstić information content (AvgIpc) is 2.66. The number of aryl methyl sites for hydroxylation is 1. The van der Waals surface area contributed by atoms with Crippen molar-refractivity contribution in [1.29, 1.82) is 0 Å². The Labute approximate surface area is 170 Å². The number of sulfonamides is 1. The summed E-state index contributed by atoms with van der Waals surface area (Å²) in [7, 11) is -4.16. The normalized spacial score (nSPS) is 12.4. The first kappa shape index (κ1) is 20.2. The number of nitrogens with one attached hydrogen (secondary N) is 1. The molecular weight excluding hydrogens is 429 g/mol. The summed E-state index contributed by atoms with van der Waals surface area (Å²) < 4.78 is 33.0. The molecule has 3 aromatic rings. The van der Waals surface area contributed by atoms with Crippen molar-refractivity contribution in [1.82, 2.24) is 19.9 Å². The summed E-state index contributed by atoms with van der Waals surface area (Å²) in [6.45, 7) is 1.63. The monoisotopic (exact) mass is 441 g/mol. The smallest absolute Gasteiger partial charge is 0.264 e. The largest absolute Gasteiger partial charge is 0.439 e. The summed E-state index contributed by atoms with van der Waals surface area (Å²) >= 11 is 11.9. The lowest BCUT2D eigenvalue weighted by Crippen LogP contribution is -2.17. The number of nitrogens with zero attached hydrogens (tertiary/aromatic N) is 4. The highest BCUT2D eigenvalue weighted by Crippen LogP contribution is 2.32. The first-order valence-electron chi connectivity index (χ1n) is 7.69. The number of benzene rings is 1. The number of hydrogen-bond donors (Lipinski definition) is 2. The van der Waals surface area contributed by atoms with Crippen molar-refractivity contribution >= 4 is 39.0 Å². The molecule has 12 heteroatoms. The molecule has 1 aromatic carbocycles. The van der Waals surface area contributed by atoms with Gasteiger partial charge in [-0.2, -0.15) is 0 Å². The summed E-state index contributed by atoms with van der Waals surface area (Å²) in [5.41, 5.74) is 0.544. The molecule has 0 aliphatic rings. The maximum absolute atomic E-state index is 12.7. The minimum absolute atomic E-state index is 0.0779. The Morgan fingerprint density at radius 2 is 1.96 bits per heavy atom. The van der Waals surface area contributed by atoms with Gasteiger partial charge in [0.05, 0.1) is 28.1 Å². The fraction of sp³-hybridized carbons (Fsp3) is 0.125. The van der Waals surface area contributed by atoms with Gasteiger partial charge in [0.15, 0.2) is 0 Å². The topological polar surface area (TPSA) is 127 Å². The Morgan fingerprint density at radius 3 is 2.68 bits per heavy atom. The zero-order valence-corrected chi connectivity index (χ0v) is 16.6.